The highest BCUT2D eigenvalue weighted by atomic mass is 79.9. The summed E-state index contributed by atoms with van der Waals surface area (Å²) in [5.41, 5.74) is 3.86. The fraction of sp³-hybridized carbons (Fsp3) is 0.238. The van der Waals surface area contributed by atoms with Crippen LogP contribution in [0.4, 0.5) is 5.82 Å². The van der Waals surface area contributed by atoms with E-state index in [1.165, 1.54) is 5.56 Å². The van der Waals surface area contributed by atoms with E-state index >= 15 is 0 Å². The number of hydrogen-bond acceptors (Lipinski definition) is 5. The first-order valence-electron chi connectivity index (χ1n) is 9.34. The lowest BCUT2D eigenvalue weighted by atomic mass is 10.1. The van der Waals surface area contributed by atoms with Crippen LogP contribution < -0.4 is 5.32 Å². The number of aromatic nitrogens is 3. The third-order valence-corrected chi connectivity index (χ3v) is 6.25. The fourth-order valence-corrected chi connectivity index (χ4v) is 4.45. The van der Waals surface area contributed by atoms with Gasteiger partial charge in [0.05, 0.1) is 16.4 Å². The Hall–Kier alpha value is -1.93. The molecule has 0 saturated carbocycles. The summed E-state index contributed by atoms with van der Waals surface area (Å²) >= 11 is 11.7. The number of fused-ring (bicyclic) bond motifs is 1. The Kier molecular flexibility index (Phi) is 6.50. The van der Waals surface area contributed by atoms with Gasteiger partial charge in [-0.15, -0.1) is 0 Å². The maximum Gasteiger partial charge on any atom is 0.172 e. The molecule has 3 heterocycles. The number of thiophene rings is 1. The van der Waals surface area contributed by atoms with Crippen molar-refractivity contribution in [2.24, 2.45) is 0 Å². The van der Waals surface area contributed by atoms with E-state index in [0.29, 0.717) is 5.02 Å². The predicted octanol–water partition coefficient (Wildman–Crippen LogP) is 5.81. The number of halogens is 2. The molecular weight excluding hydrogens is 470 g/mol. The van der Waals surface area contributed by atoms with Crippen LogP contribution in [0.1, 0.15) is 12.0 Å². The van der Waals surface area contributed by atoms with Crippen LogP contribution in [0.25, 0.3) is 16.9 Å². The molecule has 0 atom stereocenters. The van der Waals surface area contributed by atoms with Crippen molar-refractivity contribution in [1.29, 1.82) is 0 Å². The van der Waals surface area contributed by atoms with Gasteiger partial charge in [0.1, 0.15) is 5.82 Å². The SMILES string of the molecule is CN(CCCNc1cc(-c2ccccc2Cl)nc2c(Br)cnn12)Cc1ccsc1. The predicted molar refractivity (Wildman–Crippen MR) is 125 cm³/mol. The molecule has 0 aliphatic carbocycles. The third-order valence-electron chi connectivity index (χ3n) is 4.63. The second-order valence-corrected chi connectivity index (χ2v) is 8.93. The molecule has 4 aromatic rings. The molecule has 0 aliphatic heterocycles. The van der Waals surface area contributed by atoms with Crippen molar-refractivity contribution in [3.63, 3.8) is 0 Å². The molecule has 150 valence electrons. The Morgan fingerprint density at radius 2 is 2.14 bits per heavy atom. The van der Waals surface area contributed by atoms with Crippen molar-refractivity contribution in [1.82, 2.24) is 19.5 Å². The monoisotopic (exact) mass is 489 g/mol. The lowest BCUT2D eigenvalue weighted by Gasteiger charge is -2.16. The average Bonchev–Trinajstić information content (AvgIpc) is 3.35. The Morgan fingerprint density at radius 3 is 2.93 bits per heavy atom. The minimum absolute atomic E-state index is 0.681. The van der Waals surface area contributed by atoms with Gasteiger partial charge < -0.3 is 10.2 Å². The van der Waals surface area contributed by atoms with Gasteiger partial charge in [0.15, 0.2) is 5.65 Å². The maximum absolute atomic E-state index is 6.40. The molecule has 3 aromatic heterocycles. The number of rotatable bonds is 8. The van der Waals surface area contributed by atoms with Crippen LogP contribution in [-0.2, 0) is 6.54 Å². The molecule has 0 fully saturated rings. The molecule has 1 N–H and O–H groups in total. The van der Waals surface area contributed by atoms with Crippen molar-refractivity contribution < 1.29 is 0 Å². The van der Waals surface area contributed by atoms with Crippen LogP contribution >= 0.6 is 38.9 Å². The van der Waals surface area contributed by atoms with Crippen LogP contribution in [0.15, 0.2) is 57.8 Å². The minimum Gasteiger partial charge on any atom is -0.370 e. The molecule has 0 amide bonds. The van der Waals surface area contributed by atoms with Gasteiger partial charge in [-0.1, -0.05) is 29.8 Å². The standard InChI is InChI=1S/C21H21BrClN5S/c1-27(13-15-7-10-29-14-15)9-4-8-24-20-11-19(16-5-2-3-6-18(16)23)26-21-17(22)12-25-28(20)21/h2-3,5-7,10-12,14,24H,4,8-9,13H2,1H3. The Bertz CT molecular complexity index is 1100. The van der Waals surface area contributed by atoms with Gasteiger partial charge in [-0.05, 0) is 64.4 Å². The van der Waals surface area contributed by atoms with Gasteiger partial charge in [0, 0.05) is 29.7 Å². The van der Waals surface area contributed by atoms with Crippen molar-refractivity contribution >= 4 is 50.3 Å². The fourth-order valence-electron chi connectivity index (χ4n) is 3.21. The highest BCUT2D eigenvalue weighted by Crippen LogP contribution is 2.30. The van der Waals surface area contributed by atoms with Crippen LogP contribution in [-0.4, -0.2) is 39.6 Å². The number of hydrogen-bond donors (Lipinski definition) is 1. The first kappa shape index (κ1) is 20.3. The second-order valence-electron chi connectivity index (χ2n) is 6.88. The largest absolute Gasteiger partial charge is 0.370 e. The molecule has 1 aromatic carbocycles. The zero-order valence-electron chi connectivity index (χ0n) is 16.0. The molecule has 0 spiro atoms. The lowest BCUT2D eigenvalue weighted by molar-refractivity contribution is 0.326. The summed E-state index contributed by atoms with van der Waals surface area (Å²) in [6.07, 6.45) is 2.78. The number of nitrogens with one attached hydrogen (secondary N) is 1. The Labute approximate surface area is 187 Å². The molecule has 0 radical (unpaired) electrons. The van der Waals surface area contributed by atoms with Crippen LogP contribution in [0, 0.1) is 0 Å². The van der Waals surface area contributed by atoms with E-state index in [0.717, 1.165) is 53.3 Å². The van der Waals surface area contributed by atoms with Gasteiger partial charge in [0.2, 0.25) is 0 Å². The van der Waals surface area contributed by atoms with Crippen molar-refractivity contribution in [3.05, 3.63) is 68.4 Å². The molecule has 0 unspecified atom stereocenters. The van der Waals surface area contributed by atoms with E-state index < -0.39 is 0 Å². The first-order valence-corrected chi connectivity index (χ1v) is 11.5. The molecular formula is C21H21BrClN5S. The number of benzene rings is 1. The van der Waals surface area contributed by atoms with Crippen molar-refractivity contribution in [3.8, 4) is 11.3 Å². The van der Waals surface area contributed by atoms with E-state index in [-0.39, 0.29) is 0 Å². The summed E-state index contributed by atoms with van der Waals surface area (Å²) in [6, 6.07) is 11.9. The molecule has 29 heavy (non-hydrogen) atoms. The lowest BCUT2D eigenvalue weighted by Crippen LogP contribution is -2.21. The summed E-state index contributed by atoms with van der Waals surface area (Å²) in [5, 5.41) is 13.0. The molecule has 0 bridgehead atoms. The first-order chi connectivity index (χ1) is 14.1. The van der Waals surface area contributed by atoms with E-state index in [1.54, 1.807) is 17.5 Å². The molecule has 0 saturated heterocycles. The molecule has 0 aliphatic rings. The van der Waals surface area contributed by atoms with Crippen LogP contribution in [0.3, 0.4) is 0 Å². The zero-order valence-corrected chi connectivity index (χ0v) is 19.1. The van der Waals surface area contributed by atoms with Crippen LogP contribution in [0.2, 0.25) is 5.02 Å². The van der Waals surface area contributed by atoms with Gasteiger partial charge in [-0.2, -0.15) is 21.0 Å². The zero-order chi connectivity index (χ0) is 20.2. The molecule has 5 nitrogen and oxygen atoms in total. The van der Waals surface area contributed by atoms with E-state index in [4.69, 9.17) is 16.6 Å². The summed E-state index contributed by atoms with van der Waals surface area (Å²) in [5.74, 6) is 0.899. The average molecular weight is 491 g/mol. The quantitative estimate of drug-likeness (QED) is 0.317. The summed E-state index contributed by atoms with van der Waals surface area (Å²) in [4.78, 5) is 7.09. The Balaban J connectivity index is 1.47. The van der Waals surface area contributed by atoms with E-state index in [1.807, 2.05) is 34.8 Å². The van der Waals surface area contributed by atoms with E-state index in [9.17, 15) is 0 Å². The van der Waals surface area contributed by atoms with Gasteiger partial charge >= 0.3 is 0 Å². The summed E-state index contributed by atoms with van der Waals surface area (Å²) in [7, 11) is 2.16. The topological polar surface area (TPSA) is 45.5 Å². The maximum atomic E-state index is 6.40. The highest BCUT2D eigenvalue weighted by molar-refractivity contribution is 9.10. The van der Waals surface area contributed by atoms with Crippen molar-refractivity contribution in [2.75, 3.05) is 25.5 Å². The minimum atomic E-state index is 0.681. The second kappa shape index (κ2) is 9.26. The molecule has 8 heteroatoms. The highest BCUT2D eigenvalue weighted by Gasteiger charge is 2.13. The van der Waals surface area contributed by atoms with Gasteiger partial charge in [-0.25, -0.2) is 4.98 Å². The van der Waals surface area contributed by atoms with Crippen molar-refractivity contribution in [2.45, 2.75) is 13.0 Å². The number of nitrogens with zero attached hydrogens (tertiary/aromatic N) is 4. The van der Waals surface area contributed by atoms with Crippen LogP contribution in [0.5, 0.6) is 0 Å². The van der Waals surface area contributed by atoms with Gasteiger partial charge in [-0.3, -0.25) is 0 Å². The molecule has 4 rings (SSSR count). The summed E-state index contributed by atoms with van der Waals surface area (Å²) < 4.78 is 2.67. The Morgan fingerprint density at radius 1 is 1.28 bits per heavy atom. The number of anilines is 1. The summed E-state index contributed by atoms with van der Waals surface area (Å²) in [6.45, 7) is 2.83. The van der Waals surface area contributed by atoms with E-state index in [2.05, 4.69) is 55.1 Å². The normalized spacial score (nSPS) is 11.4. The smallest absolute Gasteiger partial charge is 0.172 e. The van der Waals surface area contributed by atoms with Gasteiger partial charge in [0.25, 0.3) is 0 Å². The third kappa shape index (κ3) is 4.80.